The van der Waals surface area contributed by atoms with E-state index in [1.165, 1.54) is 0 Å². The Morgan fingerprint density at radius 1 is 0.548 bits per heavy atom. The molecule has 0 aromatic carbocycles. The van der Waals surface area contributed by atoms with Crippen LogP contribution in [0.5, 0.6) is 0 Å². The van der Waals surface area contributed by atoms with E-state index in [-0.39, 0.29) is 51.5 Å². The minimum Gasteiger partial charge on any atom is -0.550 e. The van der Waals surface area contributed by atoms with Crippen LogP contribution in [-0.4, -0.2) is 105 Å². The molecule has 1 atom stereocenters. The molecule has 0 aromatic heterocycles. The van der Waals surface area contributed by atoms with Crippen molar-refractivity contribution in [3.8, 4) is 0 Å². The fourth-order valence-corrected chi connectivity index (χ4v) is 1.42. The van der Waals surface area contributed by atoms with Crippen LogP contribution < -0.4 is 34.7 Å². The summed E-state index contributed by atoms with van der Waals surface area (Å²) in [5, 5.41) is 69.3. The molecular weight excluding hydrogens is 455 g/mol. The molecule has 19 heteroatoms. The molecule has 1 unspecified atom stereocenters. The van der Waals surface area contributed by atoms with E-state index in [9.17, 15) is 33.9 Å². The molecule has 31 heavy (non-hydrogen) atoms. The summed E-state index contributed by atoms with van der Waals surface area (Å²) >= 11 is 0. The first kappa shape index (κ1) is 46.7. The molecule has 0 aromatic rings. The first-order valence-corrected chi connectivity index (χ1v) is 6.32. The van der Waals surface area contributed by atoms with E-state index < -0.39 is 72.7 Å². The summed E-state index contributed by atoms with van der Waals surface area (Å²) in [6.07, 6.45) is -4.73. The molecule has 18 nitrogen and oxygen atoms in total. The van der Waals surface area contributed by atoms with Crippen molar-refractivity contribution in [2.24, 2.45) is 0 Å². The number of carboxylic acids is 6. The summed E-state index contributed by atoms with van der Waals surface area (Å²) in [6.45, 7) is 0. The van der Waals surface area contributed by atoms with Crippen LogP contribution in [0.2, 0.25) is 0 Å². The number of aliphatic carboxylic acids is 6. The van der Waals surface area contributed by atoms with E-state index in [2.05, 4.69) is 0 Å². The average molecular weight is 478 g/mol. The third-order valence-electron chi connectivity index (χ3n) is 2.56. The third kappa shape index (κ3) is 20.6. The van der Waals surface area contributed by atoms with Gasteiger partial charge in [-0.15, -0.1) is 0 Å². The topological polar surface area (TPSA) is 393 Å². The van der Waals surface area contributed by atoms with Gasteiger partial charge in [-0.1, -0.05) is 0 Å². The molecule has 0 bridgehead atoms. The first-order chi connectivity index (χ1) is 11.6. The van der Waals surface area contributed by atoms with E-state index in [0.717, 1.165) is 0 Å². The van der Waals surface area contributed by atoms with Gasteiger partial charge in [-0.2, -0.15) is 0 Å². The number of carbonyl (C=O) groups is 6. The number of aliphatic hydroxyl groups is 2. The van der Waals surface area contributed by atoms with Gasteiger partial charge in [-0.25, -0.2) is 9.59 Å². The molecule has 0 aliphatic heterocycles. The molecule has 0 spiro atoms. The SMILES string of the molecule is O.O.O.O.O=C(O)CC(O)(CC(=O)O)C(=O)O.O=C([O-])CC(O)(CC(=O)O)C(=O)O.[Na+]. The zero-order valence-electron chi connectivity index (χ0n) is 15.8. The summed E-state index contributed by atoms with van der Waals surface area (Å²) in [7, 11) is 0. The van der Waals surface area contributed by atoms with Crippen LogP contribution in [0.15, 0.2) is 0 Å². The number of carbonyl (C=O) groups excluding carboxylic acids is 1. The molecule has 0 radical (unpaired) electrons. The van der Waals surface area contributed by atoms with Crippen molar-refractivity contribution in [2.45, 2.75) is 36.9 Å². The van der Waals surface area contributed by atoms with Gasteiger partial charge in [0.15, 0.2) is 11.2 Å². The molecule has 0 aliphatic carbocycles. The Morgan fingerprint density at radius 2 is 0.742 bits per heavy atom. The van der Waals surface area contributed by atoms with Gasteiger partial charge in [0.05, 0.1) is 19.3 Å². The van der Waals surface area contributed by atoms with E-state index in [0.29, 0.717) is 0 Å². The van der Waals surface area contributed by atoms with Gasteiger partial charge in [-0.3, -0.25) is 14.4 Å². The van der Waals surface area contributed by atoms with Crippen molar-refractivity contribution < 1.29 is 121 Å². The second-order valence-electron chi connectivity index (χ2n) is 4.93. The van der Waals surface area contributed by atoms with E-state index in [4.69, 9.17) is 35.7 Å². The van der Waals surface area contributed by atoms with Crippen LogP contribution in [0.4, 0.5) is 0 Å². The molecular formula is C12H23NaO18. The van der Waals surface area contributed by atoms with Crippen molar-refractivity contribution in [3.63, 3.8) is 0 Å². The molecule has 0 rings (SSSR count). The Kier molecular flexibility index (Phi) is 29.4. The van der Waals surface area contributed by atoms with Gasteiger partial charge in [0.1, 0.15) is 0 Å². The van der Waals surface area contributed by atoms with Gasteiger partial charge in [0, 0.05) is 12.4 Å². The Labute approximate surface area is 193 Å². The van der Waals surface area contributed by atoms with Gasteiger partial charge >= 0.3 is 59.4 Å². The smallest absolute Gasteiger partial charge is 0.550 e. The maximum atomic E-state index is 10.3. The minimum absolute atomic E-state index is 0. The fraction of sp³-hybridized carbons (Fsp3) is 0.500. The van der Waals surface area contributed by atoms with Crippen LogP contribution >= 0.6 is 0 Å². The Hall–Kier alpha value is -2.42. The van der Waals surface area contributed by atoms with Crippen LogP contribution in [0.1, 0.15) is 25.7 Å². The van der Waals surface area contributed by atoms with Crippen molar-refractivity contribution in [3.05, 3.63) is 0 Å². The molecule has 0 fully saturated rings. The van der Waals surface area contributed by atoms with E-state index in [1.807, 2.05) is 0 Å². The number of hydrogen-bond acceptors (Lipinski definition) is 9. The molecule has 0 aliphatic rings. The maximum Gasteiger partial charge on any atom is 1.00 e. The zero-order chi connectivity index (χ0) is 21.3. The quantitative estimate of drug-likeness (QED) is 0.143. The van der Waals surface area contributed by atoms with Crippen LogP contribution in [0.25, 0.3) is 0 Å². The van der Waals surface area contributed by atoms with Crippen LogP contribution in [-0.2, 0) is 28.8 Å². The van der Waals surface area contributed by atoms with Crippen molar-refractivity contribution in [2.75, 3.05) is 0 Å². The number of rotatable bonds is 10. The summed E-state index contributed by atoms with van der Waals surface area (Å²) in [6, 6.07) is 0. The zero-order valence-corrected chi connectivity index (χ0v) is 17.8. The maximum absolute atomic E-state index is 10.3. The Bertz CT molecular complexity index is 516. The van der Waals surface area contributed by atoms with E-state index in [1.54, 1.807) is 0 Å². The number of carboxylic acid groups (broad SMARTS) is 6. The molecule has 0 saturated carbocycles. The summed E-state index contributed by atoms with van der Waals surface area (Å²) in [5.41, 5.74) is -5.54. The summed E-state index contributed by atoms with van der Waals surface area (Å²) < 4.78 is 0. The molecule has 15 N–H and O–H groups in total. The van der Waals surface area contributed by atoms with Gasteiger partial charge in [0.25, 0.3) is 0 Å². The minimum atomic E-state index is -2.80. The largest absolute Gasteiger partial charge is 1.00 e. The monoisotopic (exact) mass is 478 g/mol. The van der Waals surface area contributed by atoms with Crippen molar-refractivity contribution in [1.82, 2.24) is 0 Å². The predicted molar refractivity (Wildman–Crippen MR) is 86.0 cm³/mol. The van der Waals surface area contributed by atoms with E-state index >= 15 is 0 Å². The molecule has 0 amide bonds. The van der Waals surface area contributed by atoms with Gasteiger partial charge < -0.3 is 67.6 Å². The third-order valence-corrected chi connectivity index (χ3v) is 2.56. The first-order valence-electron chi connectivity index (χ1n) is 6.32. The normalized spacial score (nSPS) is 10.6. The van der Waals surface area contributed by atoms with Crippen LogP contribution in [0, 0.1) is 0 Å². The molecule has 0 heterocycles. The summed E-state index contributed by atoms with van der Waals surface area (Å²) in [4.78, 5) is 60.8. The Balaban J connectivity index is -0.0000000640. The average Bonchev–Trinajstić information content (AvgIpc) is 2.34. The predicted octanol–water partition coefficient (Wildman–Crippen LogP) is -10.1. The standard InChI is InChI=1S/2C6H8O7.Na.4H2O/c2*7-3(8)1-6(13,5(11)12)2-4(9)10;;;;;/h2*13H,1-2H2,(H,7,8)(H,9,10)(H,11,12);;4*1H2/q;;+1;;;;/p-1. The molecule has 0 saturated heterocycles. The molecule has 180 valence electrons. The second kappa shape index (κ2) is 19.5. The van der Waals surface area contributed by atoms with Crippen molar-refractivity contribution >= 4 is 35.8 Å². The fourth-order valence-electron chi connectivity index (χ4n) is 1.42. The van der Waals surface area contributed by atoms with Gasteiger partial charge in [0.2, 0.25) is 0 Å². The summed E-state index contributed by atoms with van der Waals surface area (Å²) in [5.74, 6) is -10.4. The van der Waals surface area contributed by atoms with Crippen molar-refractivity contribution in [1.29, 1.82) is 0 Å². The second-order valence-corrected chi connectivity index (χ2v) is 4.93. The number of hydrogen-bond donors (Lipinski definition) is 7. The van der Waals surface area contributed by atoms with Gasteiger partial charge in [-0.05, 0) is 0 Å². The Morgan fingerprint density at radius 3 is 0.871 bits per heavy atom. The van der Waals surface area contributed by atoms with Crippen LogP contribution in [0.3, 0.4) is 0 Å².